The number of benzene rings is 2. The first-order valence-corrected chi connectivity index (χ1v) is 8.98. The summed E-state index contributed by atoms with van der Waals surface area (Å²) in [5.41, 5.74) is 2.39. The maximum absolute atomic E-state index is 12.4. The van der Waals surface area contributed by atoms with Gasteiger partial charge in [0.25, 0.3) is 11.8 Å². The van der Waals surface area contributed by atoms with Crippen LogP contribution < -0.4 is 10.6 Å². The van der Waals surface area contributed by atoms with Crippen molar-refractivity contribution in [1.29, 1.82) is 0 Å². The molecule has 6 heteroatoms. The van der Waals surface area contributed by atoms with Crippen molar-refractivity contribution in [3.05, 3.63) is 65.2 Å². The number of carbonyl (C=O) groups is 3. The third-order valence-corrected chi connectivity index (χ3v) is 5.03. The minimum atomic E-state index is -0.429. The van der Waals surface area contributed by atoms with E-state index in [4.69, 9.17) is 0 Å². The van der Waals surface area contributed by atoms with Crippen LogP contribution in [-0.2, 0) is 4.79 Å². The lowest BCUT2D eigenvalue weighted by Crippen LogP contribution is -2.37. The van der Waals surface area contributed by atoms with E-state index in [0.717, 1.165) is 11.3 Å². The predicted molar refractivity (Wildman–Crippen MR) is 98.9 cm³/mol. The Kier molecular flexibility index (Phi) is 5.19. The maximum atomic E-state index is 12.4. The number of nitrogens with one attached hydrogen (secondary N) is 2. The summed E-state index contributed by atoms with van der Waals surface area (Å²) < 4.78 is 0. The molecule has 1 aliphatic rings. The summed E-state index contributed by atoms with van der Waals surface area (Å²) in [4.78, 5) is 36.3. The van der Waals surface area contributed by atoms with Crippen molar-refractivity contribution in [2.75, 3.05) is 11.1 Å². The minimum Gasteiger partial charge on any atom is -0.341 e. The van der Waals surface area contributed by atoms with Crippen molar-refractivity contribution in [2.45, 2.75) is 19.4 Å². The van der Waals surface area contributed by atoms with E-state index in [2.05, 4.69) is 10.6 Å². The highest BCUT2D eigenvalue weighted by molar-refractivity contribution is 8.14. The summed E-state index contributed by atoms with van der Waals surface area (Å²) >= 11 is 1.24. The lowest BCUT2D eigenvalue weighted by molar-refractivity contribution is -0.112. The number of amides is 2. The third kappa shape index (κ3) is 4.09. The van der Waals surface area contributed by atoms with Gasteiger partial charge in [0.2, 0.25) is 5.12 Å². The van der Waals surface area contributed by atoms with E-state index in [1.807, 2.05) is 13.0 Å². The van der Waals surface area contributed by atoms with Crippen molar-refractivity contribution >= 4 is 34.4 Å². The second-order valence-electron chi connectivity index (χ2n) is 5.83. The first-order chi connectivity index (χ1) is 12.0. The van der Waals surface area contributed by atoms with E-state index in [1.165, 1.54) is 11.8 Å². The molecule has 0 spiro atoms. The summed E-state index contributed by atoms with van der Waals surface area (Å²) in [5.74, 6) is 0.190. The van der Waals surface area contributed by atoms with Crippen LogP contribution in [0.2, 0.25) is 0 Å². The molecule has 2 amide bonds. The van der Waals surface area contributed by atoms with Crippen LogP contribution in [0, 0.1) is 6.92 Å². The number of anilines is 1. The molecule has 1 saturated heterocycles. The molecule has 128 valence electrons. The van der Waals surface area contributed by atoms with Crippen molar-refractivity contribution < 1.29 is 14.4 Å². The van der Waals surface area contributed by atoms with Crippen molar-refractivity contribution in [3.8, 4) is 0 Å². The van der Waals surface area contributed by atoms with Crippen LogP contribution >= 0.6 is 11.8 Å². The van der Waals surface area contributed by atoms with Gasteiger partial charge in [-0.2, -0.15) is 0 Å². The van der Waals surface area contributed by atoms with Gasteiger partial charge < -0.3 is 10.6 Å². The molecule has 25 heavy (non-hydrogen) atoms. The molecule has 2 aromatic carbocycles. The third-order valence-electron chi connectivity index (χ3n) is 4.02. The molecule has 1 heterocycles. The van der Waals surface area contributed by atoms with Gasteiger partial charge in [0, 0.05) is 22.6 Å². The molecule has 5 nitrogen and oxygen atoms in total. The number of aryl methyl sites for hydroxylation is 1. The van der Waals surface area contributed by atoms with Gasteiger partial charge >= 0.3 is 0 Å². The lowest BCUT2D eigenvalue weighted by Gasteiger charge is -2.13. The van der Waals surface area contributed by atoms with Gasteiger partial charge in [-0.25, -0.2) is 0 Å². The largest absolute Gasteiger partial charge is 0.341 e. The standard InChI is InChI=1S/C19H18N2O3S/c1-12-7-8-14(18(23)20-15-9-10-25-19(15)24)11-16(12)21-17(22)13-5-3-2-4-6-13/h2-8,11,15H,9-10H2,1H3,(H,20,23)(H,21,22). The Morgan fingerprint density at radius 1 is 1.04 bits per heavy atom. The average molecular weight is 354 g/mol. The summed E-state index contributed by atoms with van der Waals surface area (Å²) in [6.07, 6.45) is 0.651. The highest BCUT2D eigenvalue weighted by Crippen LogP contribution is 2.21. The summed E-state index contributed by atoms with van der Waals surface area (Å²) in [7, 11) is 0. The zero-order valence-corrected chi connectivity index (χ0v) is 14.6. The van der Waals surface area contributed by atoms with E-state index in [1.54, 1.807) is 42.5 Å². The van der Waals surface area contributed by atoms with Gasteiger partial charge in [-0.05, 0) is 43.2 Å². The van der Waals surface area contributed by atoms with Crippen LogP contribution in [0.3, 0.4) is 0 Å². The fourth-order valence-electron chi connectivity index (χ4n) is 2.55. The van der Waals surface area contributed by atoms with E-state index in [0.29, 0.717) is 23.2 Å². The fourth-order valence-corrected chi connectivity index (χ4v) is 3.48. The van der Waals surface area contributed by atoms with Gasteiger partial charge in [0.15, 0.2) is 0 Å². The van der Waals surface area contributed by atoms with Gasteiger partial charge in [-0.15, -0.1) is 0 Å². The minimum absolute atomic E-state index is 0.00179. The van der Waals surface area contributed by atoms with Gasteiger partial charge in [-0.3, -0.25) is 14.4 Å². The van der Waals surface area contributed by atoms with Crippen LogP contribution in [0.15, 0.2) is 48.5 Å². The summed E-state index contributed by atoms with van der Waals surface area (Å²) in [5, 5.41) is 5.59. The number of thioether (sulfide) groups is 1. The van der Waals surface area contributed by atoms with Crippen molar-refractivity contribution in [1.82, 2.24) is 5.32 Å². The molecular weight excluding hydrogens is 336 g/mol. The van der Waals surface area contributed by atoms with Crippen LogP contribution in [0.25, 0.3) is 0 Å². The molecule has 0 radical (unpaired) electrons. The van der Waals surface area contributed by atoms with Gasteiger partial charge in [0.05, 0.1) is 6.04 Å². The molecule has 1 aliphatic heterocycles. The molecule has 2 aromatic rings. The molecule has 2 N–H and O–H groups in total. The van der Waals surface area contributed by atoms with Crippen LogP contribution in [0.4, 0.5) is 5.69 Å². The Bertz CT molecular complexity index is 821. The molecule has 1 fully saturated rings. The van der Waals surface area contributed by atoms with Crippen molar-refractivity contribution in [2.24, 2.45) is 0 Å². The SMILES string of the molecule is Cc1ccc(C(=O)NC2CCSC2=O)cc1NC(=O)c1ccccc1. The second kappa shape index (κ2) is 7.53. The van der Waals surface area contributed by atoms with Crippen LogP contribution in [-0.4, -0.2) is 28.7 Å². The Labute approximate surface area is 150 Å². The topological polar surface area (TPSA) is 75.3 Å². The van der Waals surface area contributed by atoms with Crippen molar-refractivity contribution in [3.63, 3.8) is 0 Å². The lowest BCUT2D eigenvalue weighted by atomic mass is 10.1. The second-order valence-corrected chi connectivity index (χ2v) is 6.93. The zero-order chi connectivity index (χ0) is 17.8. The summed E-state index contributed by atoms with van der Waals surface area (Å²) in [6, 6.07) is 13.6. The first kappa shape index (κ1) is 17.2. The number of hydrogen-bond donors (Lipinski definition) is 2. The Morgan fingerprint density at radius 2 is 1.80 bits per heavy atom. The van der Waals surface area contributed by atoms with Crippen LogP contribution in [0.1, 0.15) is 32.7 Å². The Hall–Kier alpha value is -2.60. The van der Waals surface area contributed by atoms with Gasteiger partial charge in [0.1, 0.15) is 0 Å². The smallest absolute Gasteiger partial charge is 0.255 e. The number of carbonyl (C=O) groups excluding carboxylic acids is 3. The van der Waals surface area contributed by atoms with E-state index >= 15 is 0 Å². The van der Waals surface area contributed by atoms with E-state index in [-0.39, 0.29) is 16.9 Å². The molecule has 3 rings (SSSR count). The fraction of sp³-hybridized carbons (Fsp3) is 0.211. The highest BCUT2D eigenvalue weighted by atomic mass is 32.2. The maximum Gasteiger partial charge on any atom is 0.255 e. The average Bonchev–Trinajstić information content (AvgIpc) is 3.02. The zero-order valence-electron chi connectivity index (χ0n) is 13.7. The monoisotopic (exact) mass is 354 g/mol. The molecule has 0 aliphatic carbocycles. The highest BCUT2D eigenvalue weighted by Gasteiger charge is 2.27. The Morgan fingerprint density at radius 3 is 2.48 bits per heavy atom. The Balaban J connectivity index is 1.75. The van der Waals surface area contributed by atoms with E-state index < -0.39 is 6.04 Å². The molecular formula is C19H18N2O3S. The quantitative estimate of drug-likeness (QED) is 0.885. The molecule has 0 bridgehead atoms. The van der Waals surface area contributed by atoms with E-state index in [9.17, 15) is 14.4 Å². The predicted octanol–water partition coefficient (Wildman–Crippen LogP) is 3.01. The molecule has 1 unspecified atom stereocenters. The van der Waals surface area contributed by atoms with Crippen LogP contribution in [0.5, 0.6) is 0 Å². The summed E-state index contributed by atoms with van der Waals surface area (Å²) in [6.45, 7) is 1.86. The number of hydrogen-bond acceptors (Lipinski definition) is 4. The first-order valence-electron chi connectivity index (χ1n) is 7.99. The molecule has 1 atom stereocenters. The number of rotatable bonds is 4. The molecule has 0 aromatic heterocycles. The normalized spacial score (nSPS) is 16.5. The molecule has 0 saturated carbocycles. The van der Waals surface area contributed by atoms with Gasteiger partial charge in [-0.1, -0.05) is 36.0 Å².